The van der Waals surface area contributed by atoms with Crippen LogP contribution in [0.4, 0.5) is 0 Å². The molecule has 1 aromatic carbocycles. The second-order valence-corrected chi connectivity index (χ2v) is 6.10. The van der Waals surface area contributed by atoms with E-state index in [4.69, 9.17) is 28.6 Å². The minimum absolute atomic E-state index is 0.0779. The van der Waals surface area contributed by atoms with Crippen molar-refractivity contribution in [1.82, 2.24) is 15.5 Å². The Labute approximate surface area is 155 Å². The number of nitrogens with one attached hydrogen (secondary N) is 2. The van der Waals surface area contributed by atoms with Crippen molar-refractivity contribution in [2.45, 2.75) is 19.4 Å². The maximum atomic E-state index is 12.3. The summed E-state index contributed by atoms with van der Waals surface area (Å²) < 4.78 is 4.89. The number of halogens is 1. The summed E-state index contributed by atoms with van der Waals surface area (Å²) in [6.07, 6.45) is -0.146. The molecule has 1 heterocycles. The molecule has 1 unspecified atom stereocenters. The van der Waals surface area contributed by atoms with Crippen LogP contribution in [-0.2, 0) is 14.3 Å². The topological polar surface area (TPSA) is 87.7 Å². The third kappa shape index (κ3) is 5.14. The highest BCUT2D eigenvalue weighted by Crippen LogP contribution is 2.13. The Kier molecular flexibility index (Phi) is 6.72. The number of carbonyl (C=O) groups is 3. The van der Waals surface area contributed by atoms with Crippen LogP contribution in [0.3, 0.4) is 0 Å². The Morgan fingerprint density at radius 3 is 2.92 bits per heavy atom. The molecule has 1 aliphatic rings. The van der Waals surface area contributed by atoms with Crippen LogP contribution in [0, 0.1) is 0 Å². The van der Waals surface area contributed by atoms with Gasteiger partial charge in [0.05, 0.1) is 13.0 Å². The van der Waals surface area contributed by atoms with E-state index in [1.54, 1.807) is 25.1 Å². The van der Waals surface area contributed by atoms with Gasteiger partial charge in [0.2, 0.25) is 5.91 Å². The van der Waals surface area contributed by atoms with Gasteiger partial charge in [-0.3, -0.25) is 19.7 Å². The summed E-state index contributed by atoms with van der Waals surface area (Å²) >= 11 is 11.1. The zero-order valence-corrected chi connectivity index (χ0v) is 15.2. The lowest BCUT2D eigenvalue weighted by Gasteiger charge is -2.36. The van der Waals surface area contributed by atoms with E-state index in [2.05, 4.69) is 10.6 Å². The molecule has 0 aliphatic carbocycles. The predicted octanol–water partition coefficient (Wildman–Crippen LogP) is 1.11. The van der Waals surface area contributed by atoms with Gasteiger partial charge < -0.3 is 15.0 Å². The third-order valence-electron chi connectivity index (χ3n) is 3.56. The number of thiocarbonyl (C=S) groups is 1. The van der Waals surface area contributed by atoms with E-state index in [-0.39, 0.29) is 24.0 Å². The van der Waals surface area contributed by atoms with Crippen LogP contribution in [0.5, 0.6) is 0 Å². The van der Waals surface area contributed by atoms with Gasteiger partial charge in [-0.05, 0) is 37.3 Å². The first kappa shape index (κ1) is 19.1. The number of amides is 2. The van der Waals surface area contributed by atoms with E-state index >= 15 is 0 Å². The van der Waals surface area contributed by atoms with Gasteiger partial charge in [0, 0.05) is 23.7 Å². The highest BCUT2D eigenvalue weighted by atomic mass is 35.5. The van der Waals surface area contributed by atoms with Crippen LogP contribution < -0.4 is 10.6 Å². The Morgan fingerprint density at radius 1 is 1.48 bits per heavy atom. The van der Waals surface area contributed by atoms with Crippen molar-refractivity contribution in [3.63, 3.8) is 0 Å². The fourth-order valence-electron chi connectivity index (χ4n) is 2.41. The van der Waals surface area contributed by atoms with Crippen LogP contribution in [0.15, 0.2) is 24.3 Å². The molecule has 1 atom stereocenters. The Morgan fingerprint density at radius 2 is 2.24 bits per heavy atom. The third-order valence-corrected chi connectivity index (χ3v) is 4.14. The van der Waals surface area contributed by atoms with Gasteiger partial charge in [0.1, 0.15) is 6.04 Å². The van der Waals surface area contributed by atoms with E-state index in [0.717, 1.165) is 0 Å². The second kappa shape index (κ2) is 8.77. The summed E-state index contributed by atoms with van der Waals surface area (Å²) in [5, 5.41) is 5.76. The summed E-state index contributed by atoms with van der Waals surface area (Å²) in [6, 6.07) is 5.60. The minimum atomic E-state index is -0.819. The average Bonchev–Trinajstić information content (AvgIpc) is 2.56. The maximum Gasteiger partial charge on any atom is 0.308 e. The second-order valence-electron chi connectivity index (χ2n) is 5.28. The lowest BCUT2D eigenvalue weighted by molar-refractivity contribution is -0.147. The molecule has 2 rings (SSSR count). The Balaban J connectivity index is 2.07. The molecule has 0 radical (unpaired) electrons. The molecule has 0 saturated carbocycles. The molecule has 9 heteroatoms. The number of nitrogens with zero attached hydrogens (tertiary/aromatic N) is 1. The molecular weight excluding hydrogens is 366 g/mol. The van der Waals surface area contributed by atoms with Crippen LogP contribution in [-0.4, -0.2) is 53.5 Å². The van der Waals surface area contributed by atoms with Gasteiger partial charge in [0.15, 0.2) is 5.11 Å². The van der Waals surface area contributed by atoms with Crippen LogP contribution in [0.2, 0.25) is 5.02 Å². The normalized spacial score (nSPS) is 16.8. The first-order chi connectivity index (χ1) is 11.9. The number of piperazine rings is 1. The lowest BCUT2D eigenvalue weighted by Crippen LogP contribution is -2.60. The van der Waals surface area contributed by atoms with Gasteiger partial charge in [-0.15, -0.1) is 0 Å². The van der Waals surface area contributed by atoms with E-state index in [0.29, 0.717) is 23.7 Å². The van der Waals surface area contributed by atoms with Gasteiger partial charge in [-0.1, -0.05) is 17.7 Å². The predicted molar refractivity (Wildman–Crippen MR) is 96.3 cm³/mol. The monoisotopic (exact) mass is 383 g/mol. The number of hydrogen-bond donors (Lipinski definition) is 2. The minimum Gasteiger partial charge on any atom is -0.466 e. The molecule has 1 fully saturated rings. The number of rotatable bonds is 4. The first-order valence-corrected chi connectivity index (χ1v) is 8.52. The average molecular weight is 384 g/mol. The van der Waals surface area contributed by atoms with Crippen molar-refractivity contribution >= 4 is 46.7 Å². The highest BCUT2D eigenvalue weighted by molar-refractivity contribution is 7.80. The number of ether oxygens (including phenoxy) is 1. The van der Waals surface area contributed by atoms with E-state index < -0.39 is 17.9 Å². The Hall–Kier alpha value is -2.19. The van der Waals surface area contributed by atoms with Crippen molar-refractivity contribution in [1.29, 1.82) is 0 Å². The molecule has 134 valence electrons. The molecular formula is C16H18ClN3O4S. The van der Waals surface area contributed by atoms with Crippen molar-refractivity contribution in [2.24, 2.45) is 0 Å². The van der Waals surface area contributed by atoms with Gasteiger partial charge >= 0.3 is 5.97 Å². The molecule has 1 aromatic rings. The summed E-state index contributed by atoms with van der Waals surface area (Å²) in [5.74, 6) is -1.27. The standard InChI is InChI=1S/C16H18ClN3O4S/c1-2-24-13(21)9-12-15(23)18-6-7-20(12)16(25)19-14(22)10-4-3-5-11(17)8-10/h3-5,8,12H,2,6-7,9H2,1H3,(H,18,23)(H,19,22,25). The molecule has 25 heavy (non-hydrogen) atoms. The lowest BCUT2D eigenvalue weighted by atomic mass is 10.1. The van der Waals surface area contributed by atoms with Crippen molar-refractivity contribution in [2.75, 3.05) is 19.7 Å². The number of benzene rings is 1. The highest BCUT2D eigenvalue weighted by Gasteiger charge is 2.34. The molecule has 0 spiro atoms. The molecule has 1 saturated heterocycles. The van der Waals surface area contributed by atoms with Crippen molar-refractivity contribution < 1.29 is 19.1 Å². The molecule has 2 N–H and O–H groups in total. The first-order valence-electron chi connectivity index (χ1n) is 7.73. The SMILES string of the molecule is CCOC(=O)CC1C(=O)NCCN1C(=S)NC(=O)c1cccc(Cl)c1. The van der Waals surface area contributed by atoms with E-state index in [1.807, 2.05) is 0 Å². The van der Waals surface area contributed by atoms with Gasteiger partial charge in [0.25, 0.3) is 5.91 Å². The quantitative estimate of drug-likeness (QED) is 0.598. The van der Waals surface area contributed by atoms with Crippen LogP contribution >= 0.6 is 23.8 Å². The van der Waals surface area contributed by atoms with Gasteiger partial charge in [-0.25, -0.2) is 0 Å². The smallest absolute Gasteiger partial charge is 0.308 e. The number of hydrogen-bond acceptors (Lipinski definition) is 5. The summed E-state index contributed by atoms with van der Waals surface area (Å²) in [7, 11) is 0. The summed E-state index contributed by atoms with van der Waals surface area (Å²) in [5.41, 5.74) is 0.346. The van der Waals surface area contributed by atoms with Crippen molar-refractivity contribution in [3.05, 3.63) is 34.9 Å². The fourth-order valence-corrected chi connectivity index (χ4v) is 2.91. The van der Waals surface area contributed by atoms with Crippen LogP contribution in [0.25, 0.3) is 0 Å². The zero-order chi connectivity index (χ0) is 18.4. The molecule has 7 nitrogen and oxygen atoms in total. The maximum absolute atomic E-state index is 12.3. The molecule has 2 amide bonds. The van der Waals surface area contributed by atoms with Gasteiger partial charge in [-0.2, -0.15) is 0 Å². The number of esters is 1. The largest absolute Gasteiger partial charge is 0.466 e. The van der Waals surface area contributed by atoms with E-state index in [1.165, 1.54) is 11.0 Å². The molecule has 0 aromatic heterocycles. The molecule has 1 aliphatic heterocycles. The van der Waals surface area contributed by atoms with Crippen molar-refractivity contribution in [3.8, 4) is 0 Å². The zero-order valence-electron chi connectivity index (χ0n) is 13.6. The Bertz CT molecular complexity index is 698. The van der Waals surface area contributed by atoms with E-state index in [9.17, 15) is 14.4 Å². The summed E-state index contributed by atoms with van der Waals surface area (Å²) in [6.45, 7) is 2.66. The number of carbonyl (C=O) groups excluding carboxylic acids is 3. The summed E-state index contributed by atoms with van der Waals surface area (Å²) in [4.78, 5) is 37.6. The molecule has 0 bridgehead atoms. The fraction of sp³-hybridized carbons (Fsp3) is 0.375. The van der Waals surface area contributed by atoms with Crippen LogP contribution in [0.1, 0.15) is 23.7 Å².